The summed E-state index contributed by atoms with van der Waals surface area (Å²) in [7, 11) is 0. The predicted molar refractivity (Wildman–Crippen MR) is 82.8 cm³/mol. The molecule has 0 aliphatic carbocycles. The molecule has 2 N–H and O–H groups in total. The quantitative estimate of drug-likeness (QED) is 0.876. The Bertz CT molecular complexity index is 622. The van der Waals surface area contributed by atoms with Crippen LogP contribution in [-0.4, -0.2) is 34.2 Å². The van der Waals surface area contributed by atoms with Crippen LogP contribution < -0.4 is 10.6 Å². The van der Waals surface area contributed by atoms with Crippen molar-refractivity contribution in [1.82, 2.24) is 15.0 Å². The normalized spacial score (nSPS) is 18.2. The van der Waals surface area contributed by atoms with Gasteiger partial charge in [-0.15, -0.1) is 0 Å². The first kappa shape index (κ1) is 14.8. The van der Waals surface area contributed by atoms with Crippen molar-refractivity contribution in [1.29, 1.82) is 0 Å². The summed E-state index contributed by atoms with van der Waals surface area (Å²) < 4.78 is 11.0. The lowest BCUT2D eigenvalue weighted by Crippen LogP contribution is -2.30. The first-order valence-electron chi connectivity index (χ1n) is 7.55. The Labute approximate surface area is 129 Å². The monoisotopic (exact) mass is 303 g/mol. The first-order valence-corrected chi connectivity index (χ1v) is 7.55. The van der Waals surface area contributed by atoms with E-state index in [1.165, 1.54) is 0 Å². The lowest BCUT2D eigenvalue weighted by Gasteiger charge is -2.23. The van der Waals surface area contributed by atoms with Crippen LogP contribution >= 0.6 is 0 Å². The number of rotatable bonds is 5. The van der Waals surface area contributed by atoms with Gasteiger partial charge in [0.1, 0.15) is 11.6 Å². The van der Waals surface area contributed by atoms with E-state index in [-0.39, 0.29) is 0 Å². The van der Waals surface area contributed by atoms with Crippen LogP contribution in [0.2, 0.25) is 0 Å². The zero-order valence-electron chi connectivity index (χ0n) is 12.9. The minimum Gasteiger partial charge on any atom is -0.444 e. The summed E-state index contributed by atoms with van der Waals surface area (Å²) in [6, 6.07) is 2.18. The third-order valence-corrected chi connectivity index (χ3v) is 3.57. The van der Waals surface area contributed by atoms with Gasteiger partial charge >= 0.3 is 0 Å². The highest BCUT2D eigenvalue weighted by Crippen LogP contribution is 2.15. The second kappa shape index (κ2) is 6.74. The molecule has 0 bridgehead atoms. The molecular weight excluding hydrogens is 282 g/mol. The van der Waals surface area contributed by atoms with Crippen LogP contribution in [0.15, 0.2) is 16.7 Å². The lowest BCUT2D eigenvalue weighted by molar-refractivity contribution is 0.0875. The Balaban J connectivity index is 1.59. The van der Waals surface area contributed by atoms with E-state index in [0.29, 0.717) is 24.4 Å². The summed E-state index contributed by atoms with van der Waals surface area (Å²) in [5.41, 5.74) is 0.888. The van der Waals surface area contributed by atoms with E-state index in [0.717, 1.165) is 43.3 Å². The highest BCUT2D eigenvalue weighted by atomic mass is 16.5. The Morgan fingerprint density at radius 2 is 2.23 bits per heavy atom. The molecule has 118 valence electrons. The van der Waals surface area contributed by atoms with Gasteiger partial charge in [-0.05, 0) is 25.8 Å². The van der Waals surface area contributed by atoms with Crippen molar-refractivity contribution in [3.63, 3.8) is 0 Å². The van der Waals surface area contributed by atoms with Crippen molar-refractivity contribution in [3.8, 4) is 0 Å². The molecule has 2 aromatic rings. The number of hydrogen-bond donors (Lipinski definition) is 2. The van der Waals surface area contributed by atoms with Crippen LogP contribution in [0, 0.1) is 13.8 Å². The van der Waals surface area contributed by atoms with Gasteiger partial charge in [0.2, 0.25) is 5.95 Å². The number of ether oxygens (including phenoxy) is 1. The standard InChI is InChI=1S/C15H21N5O2/c1-10-13(22-11(2)18-10)8-17-15-16-6-5-14(20-15)19-12-4-3-7-21-9-12/h5-6,12H,3-4,7-9H2,1-2H3,(H2,16,17,19,20). The number of anilines is 2. The van der Waals surface area contributed by atoms with E-state index in [4.69, 9.17) is 9.15 Å². The van der Waals surface area contributed by atoms with E-state index in [2.05, 4.69) is 25.6 Å². The molecule has 3 rings (SSSR count). The second-order valence-corrected chi connectivity index (χ2v) is 5.42. The van der Waals surface area contributed by atoms with Crippen LogP contribution in [0.3, 0.4) is 0 Å². The molecule has 0 amide bonds. The van der Waals surface area contributed by atoms with Crippen molar-refractivity contribution in [2.75, 3.05) is 23.8 Å². The Kier molecular flexibility index (Phi) is 4.53. The van der Waals surface area contributed by atoms with E-state index < -0.39 is 0 Å². The zero-order valence-corrected chi connectivity index (χ0v) is 12.9. The minimum atomic E-state index is 0.315. The lowest BCUT2D eigenvalue weighted by atomic mass is 10.1. The van der Waals surface area contributed by atoms with Gasteiger partial charge in [-0.3, -0.25) is 0 Å². The van der Waals surface area contributed by atoms with Crippen molar-refractivity contribution in [2.24, 2.45) is 0 Å². The van der Waals surface area contributed by atoms with Gasteiger partial charge in [-0.25, -0.2) is 9.97 Å². The number of aromatic nitrogens is 3. The molecule has 0 saturated carbocycles. The molecule has 0 aromatic carbocycles. The largest absolute Gasteiger partial charge is 0.444 e. The molecule has 7 nitrogen and oxygen atoms in total. The van der Waals surface area contributed by atoms with Gasteiger partial charge < -0.3 is 19.8 Å². The molecule has 1 atom stereocenters. The Morgan fingerprint density at radius 3 is 2.95 bits per heavy atom. The Hall–Kier alpha value is -2.15. The van der Waals surface area contributed by atoms with Gasteiger partial charge in [0, 0.05) is 19.7 Å². The maximum absolute atomic E-state index is 5.53. The summed E-state index contributed by atoms with van der Waals surface area (Å²) in [4.78, 5) is 12.9. The van der Waals surface area contributed by atoms with E-state index in [1.54, 1.807) is 6.20 Å². The zero-order chi connectivity index (χ0) is 15.4. The Morgan fingerprint density at radius 1 is 1.32 bits per heavy atom. The van der Waals surface area contributed by atoms with Crippen LogP contribution in [-0.2, 0) is 11.3 Å². The SMILES string of the molecule is Cc1nc(C)c(CNc2nccc(NC3CCCOC3)n2)o1. The third kappa shape index (κ3) is 3.73. The van der Waals surface area contributed by atoms with Crippen molar-refractivity contribution in [3.05, 3.63) is 29.6 Å². The minimum absolute atomic E-state index is 0.315. The fourth-order valence-corrected chi connectivity index (χ4v) is 2.48. The molecule has 1 fully saturated rings. The fourth-order valence-electron chi connectivity index (χ4n) is 2.48. The van der Waals surface area contributed by atoms with E-state index >= 15 is 0 Å². The molecule has 1 aliphatic rings. The molecule has 3 heterocycles. The number of nitrogens with one attached hydrogen (secondary N) is 2. The molecule has 0 radical (unpaired) electrons. The summed E-state index contributed by atoms with van der Waals surface area (Å²) in [6.45, 7) is 5.86. The molecule has 22 heavy (non-hydrogen) atoms. The van der Waals surface area contributed by atoms with Gasteiger partial charge in [-0.2, -0.15) is 4.98 Å². The third-order valence-electron chi connectivity index (χ3n) is 3.57. The molecule has 1 saturated heterocycles. The van der Waals surface area contributed by atoms with Gasteiger partial charge in [0.15, 0.2) is 5.89 Å². The summed E-state index contributed by atoms with van der Waals surface area (Å²) in [6.07, 6.45) is 3.92. The van der Waals surface area contributed by atoms with Crippen LogP contribution in [0.4, 0.5) is 11.8 Å². The topological polar surface area (TPSA) is 85.1 Å². The first-order chi connectivity index (χ1) is 10.7. The number of nitrogens with zero attached hydrogens (tertiary/aromatic N) is 3. The highest BCUT2D eigenvalue weighted by molar-refractivity contribution is 5.40. The van der Waals surface area contributed by atoms with Crippen LogP contribution in [0.5, 0.6) is 0 Å². The summed E-state index contributed by atoms with van der Waals surface area (Å²) in [5, 5.41) is 6.55. The molecule has 0 spiro atoms. The second-order valence-electron chi connectivity index (χ2n) is 5.42. The van der Waals surface area contributed by atoms with E-state index in [1.807, 2.05) is 19.9 Å². The molecular formula is C15H21N5O2. The molecule has 2 aromatic heterocycles. The predicted octanol–water partition coefficient (Wildman–Crippen LogP) is 2.28. The maximum atomic E-state index is 5.53. The molecule has 7 heteroatoms. The van der Waals surface area contributed by atoms with Crippen molar-refractivity contribution in [2.45, 2.75) is 39.3 Å². The van der Waals surface area contributed by atoms with Gasteiger partial charge in [-0.1, -0.05) is 0 Å². The number of aryl methyl sites for hydroxylation is 2. The maximum Gasteiger partial charge on any atom is 0.224 e. The number of hydrogen-bond acceptors (Lipinski definition) is 7. The van der Waals surface area contributed by atoms with Gasteiger partial charge in [0.05, 0.1) is 24.9 Å². The highest BCUT2D eigenvalue weighted by Gasteiger charge is 2.14. The molecule has 1 aliphatic heterocycles. The summed E-state index contributed by atoms with van der Waals surface area (Å²) in [5.74, 6) is 2.84. The fraction of sp³-hybridized carbons (Fsp3) is 0.533. The van der Waals surface area contributed by atoms with Crippen molar-refractivity contribution >= 4 is 11.8 Å². The van der Waals surface area contributed by atoms with Gasteiger partial charge in [0.25, 0.3) is 0 Å². The van der Waals surface area contributed by atoms with Crippen LogP contribution in [0.1, 0.15) is 30.2 Å². The van der Waals surface area contributed by atoms with E-state index in [9.17, 15) is 0 Å². The smallest absolute Gasteiger partial charge is 0.224 e. The summed E-state index contributed by atoms with van der Waals surface area (Å²) >= 11 is 0. The van der Waals surface area contributed by atoms with Crippen molar-refractivity contribution < 1.29 is 9.15 Å². The number of oxazole rings is 1. The average Bonchev–Trinajstić information content (AvgIpc) is 2.84. The van der Waals surface area contributed by atoms with Crippen LogP contribution in [0.25, 0.3) is 0 Å². The average molecular weight is 303 g/mol. The molecule has 1 unspecified atom stereocenters.